The third-order valence-electron chi connectivity index (χ3n) is 4.38. The molecule has 0 aromatic rings. The third kappa shape index (κ3) is 4.89. The maximum Gasteiger partial charge on any atom is 0.0120 e. The van der Waals surface area contributed by atoms with Crippen LogP contribution in [0, 0.1) is 11.8 Å². The molecule has 1 aliphatic heterocycles. The predicted molar refractivity (Wildman–Crippen MR) is 81.0 cm³/mol. The van der Waals surface area contributed by atoms with Gasteiger partial charge in [-0.15, -0.1) is 0 Å². The van der Waals surface area contributed by atoms with Crippen LogP contribution in [0.2, 0.25) is 0 Å². The van der Waals surface area contributed by atoms with Crippen molar-refractivity contribution in [2.24, 2.45) is 11.8 Å². The van der Waals surface area contributed by atoms with E-state index in [0.717, 1.165) is 23.9 Å². The third-order valence-corrected chi connectivity index (χ3v) is 4.38. The molecule has 3 atom stereocenters. The van der Waals surface area contributed by atoms with Crippen molar-refractivity contribution in [1.82, 2.24) is 10.2 Å². The number of nitrogens with one attached hydrogen (secondary N) is 1. The summed E-state index contributed by atoms with van der Waals surface area (Å²) >= 11 is 0. The predicted octanol–water partition coefficient (Wildman–Crippen LogP) is 3.52. The van der Waals surface area contributed by atoms with Crippen LogP contribution in [0.15, 0.2) is 0 Å². The molecule has 18 heavy (non-hydrogen) atoms. The summed E-state index contributed by atoms with van der Waals surface area (Å²) in [5.74, 6) is 1.66. The molecule has 0 aromatic heterocycles. The van der Waals surface area contributed by atoms with Gasteiger partial charge in [-0.2, -0.15) is 0 Å². The lowest BCUT2D eigenvalue weighted by molar-refractivity contribution is 0.0917. The van der Waals surface area contributed by atoms with E-state index in [1.165, 1.54) is 45.3 Å². The topological polar surface area (TPSA) is 15.3 Å². The van der Waals surface area contributed by atoms with Gasteiger partial charge < -0.3 is 10.2 Å². The minimum atomic E-state index is 0.756. The number of nitrogens with zero attached hydrogens (tertiary/aromatic N) is 1. The number of piperidine rings is 1. The summed E-state index contributed by atoms with van der Waals surface area (Å²) in [6.45, 7) is 15.5. The Balaban J connectivity index is 2.44. The molecular formula is C16H34N2. The monoisotopic (exact) mass is 254 g/mol. The number of likely N-dealkylation sites (tertiary alicyclic amines) is 1. The van der Waals surface area contributed by atoms with Gasteiger partial charge in [-0.25, -0.2) is 0 Å². The maximum absolute atomic E-state index is 3.75. The Kier molecular flexibility index (Phi) is 7.25. The van der Waals surface area contributed by atoms with E-state index >= 15 is 0 Å². The van der Waals surface area contributed by atoms with Gasteiger partial charge in [0.2, 0.25) is 0 Å². The molecule has 0 saturated carbocycles. The summed E-state index contributed by atoms with van der Waals surface area (Å²) in [6.07, 6.45) is 5.23. The molecule has 1 fully saturated rings. The van der Waals surface area contributed by atoms with E-state index in [-0.39, 0.29) is 0 Å². The van der Waals surface area contributed by atoms with E-state index in [1.807, 2.05) is 0 Å². The molecule has 0 spiro atoms. The van der Waals surface area contributed by atoms with Crippen molar-refractivity contribution in [2.75, 3.05) is 19.6 Å². The van der Waals surface area contributed by atoms with Crippen LogP contribution in [0.3, 0.4) is 0 Å². The van der Waals surface area contributed by atoms with Crippen LogP contribution >= 0.6 is 0 Å². The average Bonchev–Trinajstić information content (AvgIpc) is 2.35. The van der Waals surface area contributed by atoms with Gasteiger partial charge in [-0.05, 0) is 51.1 Å². The largest absolute Gasteiger partial charge is 0.314 e. The first kappa shape index (κ1) is 16.0. The summed E-state index contributed by atoms with van der Waals surface area (Å²) < 4.78 is 0. The Morgan fingerprint density at radius 1 is 1.22 bits per heavy atom. The van der Waals surface area contributed by atoms with Crippen molar-refractivity contribution in [2.45, 2.75) is 72.4 Å². The first-order valence-corrected chi connectivity index (χ1v) is 8.05. The summed E-state index contributed by atoms with van der Waals surface area (Å²) in [5, 5.41) is 3.75. The summed E-state index contributed by atoms with van der Waals surface area (Å²) in [6, 6.07) is 1.52. The second-order valence-corrected chi connectivity index (χ2v) is 6.49. The van der Waals surface area contributed by atoms with Gasteiger partial charge >= 0.3 is 0 Å². The lowest BCUT2D eigenvalue weighted by Gasteiger charge is -2.42. The quantitative estimate of drug-likeness (QED) is 0.748. The van der Waals surface area contributed by atoms with E-state index in [0.29, 0.717) is 0 Å². The van der Waals surface area contributed by atoms with E-state index in [1.54, 1.807) is 0 Å². The average molecular weight is 254 g/mol. The number of hydrogen-bond acceptors (Lipinski definition) is 2. The van der Waals surface area contributed by atoms with Crippen LogP contribution in [0.25, 0.3) is 0 Å². The minimum absolute atomic E-state index is 0.756. The first-order chi connectivity index (χ1) is 8.58. The fraction of sp³-hybridized carbons (Fsp3) is 1.00. The molecule has 0 bridgehead atoms. The van der Waals surface area contributed by atoms with Gasteiger partial charge in [0.15, 0.2) is 0 Å². The lowest BCUT2D eigenvalue weighted by Crippen LogP contribution is -2.51. The molecule has 0 amide bonds. The fourth-order valence-corrected chi connectivity index (χ4v) is 3.30. The van der Waals surface area contributed by atoms with E-state index in [4.69, 9.17) is 0 Å². The van der Waals surface area contributed by atoms with Crippen LogP contribution in [0.5, 0.6) is 0 Å². The highest BCUT2D eigenvalue weighted by molar-refractivity contribution is 4.86. The van der Waals surface area contributed by atoms with E-state index in [9.17, 15) is 0 Å². The van der Waals surface area contributed by atoms with Gasteiger partial charge in [-0.3, -0.25) is 0 Å². The molecule has 1 aliphatic rings. The fourth-order valence-electron chi connectivity index (χ4n) is 3.30. The minimum Gasteiger partial charge on any atom is -0.314 e. The highest BCUT2D eigenvalue weighted by atomic mass is 15.2. The Hall–Kier alpha value is -0.0800. The maximum atomic E-state index is 3.75. The molecule has 108 valence electrons. The molecule has 1 heterocycles. The number of rotatable bonds is 7. The second-order valence-electron chi connectivity index (χ2n) is 6.49. The van der Waals surface area contributed by atoms with Crippen LogP contribution in [0.4, 0.5) is 0 Å². The summed E-state index contributed by atoms with van der Waals surface area (Å²) in [4.78, 5) is 2.72. The summed E-state index contributed by atoms with van der Waals surface area (Å²) in [5.41, 5.74) is 0. The molecule has 2 heteroatoms. The Bertz CT molecular complexity index is 215. The van der Waals surface area contributed by atoms with Crippen molar-refractivity contribution in [3.63, 3.8) is 0 Å². The van der Waals surface area contributed by atoms with E-state index in [2.05, 4.69) is 44.8 Å². The molecule has 0 aliphatic carbocycles. The molecule has 1 N–H and O–H groups in total. The van der Waals surface area contributed by atoms with Gasteiger partial charge in [0.25, 0.3) is 0 Å². The highest BCUT2D eigenvalue weighted by Crippen LogP contribution is 2.23. The molecular weight excluding hydrogens is 220 g/mol. The van der Waals surface area contributed by atoms with Crippen LogP contribution in [-0.4, -0.2) is 36.6 Å². The van der Waals surface area contributed by atoms with Crippen molar-refractivity contribution in [1.29, 1.82) is 0 Å². The zero-order valence-corrected chi connectivity index (χ0v) is 13.2. The number of hydrogen-bond donors (Lipinski definition) is 1. The zero-order chi connectivity index (χ0) is 13.5. The highest BCUT2D eigenvalue weighted by Gasteiger charge is 2.29. The van der Waals surface area contributed by atoms with Gasteiger partial charge in [0.05, 0.1) is 0 Å². The van der Waals surface area contributed by atoms with Gasteiger partial charge in [0, 0.05) is 18.6 Å². The Labute approximate surface area is 115 Å². The van der Waals surface area contributed by atoms with Crippen LogP contribution in [0.1, 0.15) is 60.3 Å². The summed E-state index contributed by atoms with van der Waals surface area (Å²) in [7, 11) is 0. The van der Waals surface area contributed by atoms with Gasteiger partial charge in [0.1, 0.15) is 0 Å². The molecule has 3 unspecified atom stereocenters. The SMILES string of the molecule is CCCNC1CCN(C(C)CC(C)C)CC1CC. The molecule has 2 nitrogen and oxygen atoms in total. The van der Waals surface area contributed by atoms with Crippen molar-refractivity contribution < 1.29 is 0 Å². The lowest BCUT2D eigenvalue weighted by atomic mass is 9.88. The van der Waals surface area contributed by atoms with Crippen molar-refractivity contribution in [3.05, 3.63) is 0 Å². The second kappa shape index (κ2) is 8.16. The standard InChI is InChI=1S/C16H34N2/c1-6-9-17-16-8-10-18(12-15(16)7-2)14(5)11-13(3)4/h13-17H,6-12H2,1-5H3. The smallest absolute Gasteiger partial charge is 0.0120 e. The molecule has 0 radical (unpaired) electrons. The van der Waals surface area contributed by atoms with Crippen LogP contribution < -0.4 is 5.32 Å². The van der Waals surface area contributed by atoms with E-state index < -0.39 is 0 Å². The van der Waals surface area contributed by atoms with Gasteiger partial charge in [-0.1, -0.05) is 34.1 Å². The molecule has 1 saturated heterocycles. The normalized spacial score (nSPS) is 27.7. The molecule has 1 rings (SSSR count). The first-order valence-electron chi connectivity index (χ1n) is 8.05. The Morgan fingerprint density at radius 2 is 1.94 bits per heavy atom. The van der Waals surface area contributed by atoms with Crippen molar-refractivity contribution >= 4 is 0 Å². The van der Waals surface area contributed by atoms with Crippen LogP contribution in [-0.2, 0) is 0 Å². The zero-order valence-electron chi connectivity index (χ0n) is 13.2. The molecule has 0 aromatic carbocycles. The Morgan fingerprint density at radius 3 is 2.50 bits per heavy atom. The van der Waals surface area contributed by atoms with Crippen molar-refractivity contribution in [3.8, 4) is 0 Å².